The third-order valence-electron chi connectivity index (χ3n) is 8.20. The van der Waals surface area contributed by atoms with Crippen LogP contribution in [0.3, 0.4) is 0 Å². The maximum atomic E-state index is 12.6. The molecule has 80 heavy (non-hydrogen) atoms. The molecule has 0 saturated carbocycles. The molecule has 4 radical (unpaired) electrons. The van der Waals surface area contributed by atoms with Gasteiger partial charge in [0.05, 0.1) is 35.0 Å². The molecule has 4 amide bonds. The summed E-state index contributed by atoms with van der Waals surface area (Å²) in [5.41, 5.74) is 14.2. The molecule has 4 N–H and O–H groups in total. The predicted octanol–water partition coefficient (Wildman–Crippen LogP) is 0.611. The molecule has 0 atom stereocenters. The van der Waals surface area contributed by atoms with Crippen molar-refractivity contribution < 1.29 is 128 Å². The van der Waals surface area contributed by atoms with E-state index in [1.807, 2.05) is 38.1 Å². The number of benzene rings is 6. The monoisotopic (exact) mass is 1300 g/mol. The first-order valence-electron chi connectivity index (χ1n) is 21.0. The summed E-state index contributed by atoms with van der Waals surface area (Å²) in [6.45, 7) is 3.64. The molecule has 6 rings (SSSR count). The van der Waals surface area contributed by atoms with Gasteiger partial charge in [-0.15, -0.1) is 0 Å². The standard InChI is InChI=1S/2C23H20N4O3.4CH3O.4Cu.2NO3/c2*1-16-12-19(14-24-26-22(29)17-8-4-2-5-9-17)21(28)20(13-16)15-25-27-23(30)18-10-6-3-7-11-18;4*1-2;;;;;2*2-1(3)4/h2*2-15,28H,1H3,(H,26,29)(H,27,30);4*1H3;;;;;;/q;;4*-1;4*+2;2*-1/p-2/b2*24-14+,25-15+;;;;;;;;;;. The van der Waals surface area contributed by atoms with Gasteiger partial charge in [0, 0.05) is 22.3 Å². The van der Waals surface area contributed by atoms with E-state index in [-0.39, 0.29) is 103 Å². The summed E-state index contributed by atoms with van der Waals surface area (Å²) in [4.78, 5) is 64.5. The fraction of sp³-hybridized carbons (Fsp3) is 0.120. The second kappa shape index (κ2) is 51.5. The smallest absolute Gasteiger partial charge is 0.872 e. The van der Waals surface area contributed by atoms with E-state index in [1.54, 1.807) is 121 Å². The molecule has 6 aromatic rings. The van der Waals surface area contributed by atoms with Crippen molar-refractivity contribution in [2.45, 2.75) is 13.8 Å². The molecule has 0 spiro atoms. The summed E-state index contributed by atoms with van der Waals surface area (Å²) >= 11 is 0. The number of nitrogens with zero attached hydrogens (tertiary/aromatic N) is 6. The molecule has 0 aliphatic carbocycles. The van der Waals surface area contributed by atoms with E-state index in [9.17, 15) is 29.4 Å². The van der Waals surface area contributed by atoms with Crippen molar-refractivity contribution in [3.05, 3.63) is 232 Å². The number of aryl methyl sites for hydroxylation is 2. The molecule has 440 valence electrons. The van der Waals surface area contributed by atoms with Gasteiger partial charge in [0.15, 0.2) is 0 Å². The Bertz CT molecular complexity index is 2440. The van der Waals surface area contributed by atoms with Crippen molar-refractivity contribution >= 4 is 48.5 Å². The largest absolute Gasteiger partial charge is 2.00 e. The third-order valence-corrected chi connectivity index (χ3v) is 8.20. The SMILES string of the molecule is C[O-].C[O-].C[O-].C[O-].Cc1cc(/C=N/NC(=O)c2ccccc2)c([O-])c(/C=N/NC(=O)c2ccccc2)c1.Cc1cc(/C=N/NC(=O)c2ccccc2)c([O-])c(/C=N/NC(=O)c2ccccc2)c1.O=[N+]([O-])[O-].O=[N+]([O-])[O-].[Cu+2].[Cu+2].[Cu+2].[Cu+2]. The maximum absolute atomic E-state index is 12.6. The molecule has 6 aromatic carbocycles. The van der Waals surface area contributed by atoms with Gasteiger partial charge in [-0.1, -0.05) is 109 Å². The molecule has 0 aliphatic rings. The van der Waals surface area contributed by atoms with Gasteiger partial charge in [-0.25, -0.2) is 21.7 Å². The van der Waals surface area contributed by atoms with Crippen molar-refractivity contribution in [1.29, 1.82) is 0 Å². The van der Waals surface area contributed by atoms with Crippen LogP contribution in [0.15, 0.2) is 166 Å². The van der Waals surface area contributed by atoms with Crippen LogP contribution < -0.4 is 52.3 Å². The summed E-state index contributed by atoms with van der Waals surface area (Å²) in [7, 11) is 3.00. The van der Waals surface area contributed by atoms with Gasteiger partial charge in [-0.3, -0.25) is 19.2 Å². The van der Waals surface area contributed by atoms with Crippen LogP contribution in [0.4, 0.5) is 0 Å². The van der Waals surface area contributed by atoms with Crippen LogP contribution in [0.1, 0.15) is 74.8 Å². The normalized spacial score (nSPS) is 9.12. The first kappa shape index (κ1) is 83.1. The second-order valence-electron chi connectivity index (χ2n) is 13.3. The molecular formula is C50H50Cu4N10O16. The first-order valence-corrected chi connectivity index (χ1v) is 21.0. The molecule has 0 unspecified atom stereocenters. The van der Waals surface area contributed by atoms with Crippen molar-refractivity contribution in [2.24, 2.45) is 20.4 Å². The van der Waals surface area contributed by atoms with Crippen molar-refractivity contribution in [1.82, 2.24) is 21.7 Å². The molecule has 0 bridgehead atoms. The Morgan fingerprint density at radius 2 is 0.512 bits per heavy atom. The summed E-state index contributed by atoms with van der Waals surface area (Å²) < 4.78 is 0. The third kappa shape index (κ3) is 36.0. The Hall–Kier alpha value is -8.20. The van der Waals surface area contributed by atoms with E-state index >= 15 is 0 Å². The van der Waals surface area contributed by atoms with E-state index in [0.29, 0.717) is 44.5 Å². The Morgan fingerprint density at radius 3 is 0.662 bits per heavy atom. The first-order chi connectivity index (χ1) is 36.5. The molecular weight excluding hydrogens is 1250 g/mol. The predicted molar refractivity (Wildman–Crippen MR) is 272 cm³/mol. The van der Waals surface area contributed by atoms with Gasteiger partial charge in [0.2, 0.25) is 0 Å². The van der Waals surface area contributed by atoms with Gasteiger partial charge < -0.3 is 61.3 Å². The number of rotatable bonds is 12. The number of carbonyl (C=O) groups excluding carboxylic acids is 4. The summed E-state index contributed by atoms with van der Waals surface area (Å²) in [5, 5.41) is 103. The molecule has 30 heteroatoms. The number of hydrogen-bond donors (Lipinski definition) is 4. The Kier molecular flexibility index (Phi) is 53.6. The quantitative estimate of drug-likeness (QED) is 0.0564. The zero-order chi connectivity index (χ0) is 57.8. The zero-order valence-electron chi connectivity index (χ0n) is 42.6. The fourth-order valence-corrected chi connectivity index (χ4v) is 5.30. The minimum absolute atomic E-state index is 0. The van der Waals surface area contributed by atoms with E-state index in [1.165, 1.54) is 24.9 Å². The van der Waals surface area contributed by atoms with Crippen LogP contribution in [0, 0.1) is 44.5 Å². The van der Waals surface area contributed by atoms with Crippen molar-refractivity contribution in [3.8, 4) is 11.5 Å². The van der Waals surface area contributed by atoms with Crippen molar-refractivity contribution in [2.75, 3.05) is 28.4 Å². The topological polar surface area (TPSA) is 437 Å². The van der Waals surface area contributed by atoms with Crippen LogP contribution >= 0.6 is 0 Å². The van der Waals surface area contributed by atoms with Crippen LogP contribution in [-0.2, 0) is 68.3 Å². The zero-order valence-corrected chi connectivity index (χ0v) is 46.4. The molecule has 0 heterocycles. The number of nitrogens with one attached hydrogen (secondary N) is 4. The second-order valence-corrected chi connectivity index (χ2v) is 13.3. The summed E-state index contributed by atoms with van der Waals surface area (Å²) in [6, 6.07) is 41.1. The van der Waals surface area contributed by atoms with Gasteiger partial charge >= 0.3 is 68.3 Å². The van der Waals surface area contributed by atoms with Gasteiger partial charge in [0.1, 0.15) is 0 Å². The Morgan fingerprint density at radius 1 is 0.362 bits per heavy atom. The van der Waals surface area contributed by atoms with Crippen LogP contribution in [0.2, 0.25) is 0 Å². The van der Waals surface area contributed by atoms with Gasteiger partial charge in [-0.2, -0.15) is 48.8 Å². The number of hydrazone groups is 4. The van der Waals surface area contributed by atoms with E-state index in [4.69, 9.17) is 51.1 Å². The van der Waals surface area contributed by atoms with Crippen LogP contribution in [0.25, 0.3) is 0 Å². The fourth-order valence-electron chi connectivity index (χ4n) is 5.30. The summed E-state index contributed by atoms with van der Waals surface area (Å²) in [6.07, 6.45) is 5.15. The number of amides is 4. The summed E-state index contributed by atoms with van der Waals surface area (Å²) in [5.74, 6) is -2.16. The van der Waals surface area contributed by atoms with E-state index in [2.05, 4.69) is 42.1 Å². The number of carbonyl (C=O) groups is 4. The van der Waals surface area contributed by atoms with Crippen LogP contribution in [0.5, 0.6) is 11.5 Å². The van der Waals surface area contributed by atoms with Gasteiger partial charge in [0.25, 0.3) is 23.6 Å². The van der Waals surface area contributed by atoms with E-state index in [0.717, 1.165) is 39.6 Å². The molecule has 0 aliphatic heterocycles. The number of hydrogen-bond acceptors (Lipinski definition) is 20. The maximum Gasteiger partial charge on any atom is 2.00 e. The average molecular weight is 1300 g/mol. The Labute approximate surface area is 501 Å². The molecule has 26 nitrogen and oxygen atoms in total. The van der Waals surface area contributed by atoms with E-state index < -0.39 is 10.2 Å². The van der Waals surface area contributed by atoms with Crippen molar-refractivity contribution in [3.63, 3.8) is 0 Å². The molecule has 0 saturated heterocycles. The minimum Gasteiger partial charge on any atom is -0.872 e. The molecule has 0 aromatic heterocycles. The average Bonchev–Trinajstić information content (AvgIpc) is 3.43. The van der Waals surface area contributed by atoms with Gasteiger partial charge in [-0.05, 0) is 95.8 Å². The minimum atomic E-state index is -1.75. The Balaban J connectivity index is -0.000000261. The van der Waals surface area contributed by atoms with Crippen LogP contribution in [-0.4, -0.2) is 87.1 Å². The molecule has 0 fully saturated rings.